The maximum atomic E-state index is 12.5. The van der Waals surface area contributed by atoms with E-state index in [0.717, 1.165) is 16.3 Å². The topological polar surface area (TPSA) is 68.9 Å². The molecule has 2 rings (SSSR count). The Labute approximate surface area is 145 Å². The van der Waals surface area contributed by atoms with E-state index in [4.69, 9.17) is 5.73 Å². The van der Waals surface area contributed by atoms with Crippen LogP contribution in [0.2, 0.25) is 0 Å². The summed E-state index contributed by atoms with van der Waals surface area (Å²) in [6, 6.07) is 8.00. The lowest BCUT2D eigenvalue weighted by molar-refractivity contribution is 0.0994. The third-order valence-corrected chi connectivity index (χ3v) is 5.56. The van der Waals surface area contributed by atoms with Crippen LogP contribution in [-0.4, -0.2) is 21.2 Å². The highest BCUT2D eigenvalue weighted by Crippen LogP contribution is 2.29. The average molecular weight is 350 g/mol. The number of unbranched alkanes of at least 4 members (excludes halogenated alkanes) is 3. The van der Waals surface area contributed by atoms with Crippen molar-refractivity contribution in [2.45, 2.75) is 55.5 Å². The van der Waals surface area contributed by atoms with E-state index < -0.39 is 0 Å². The molecule has 124 valence electrons. The van der Waals surface area contributed by atoms with E-state index in [-0.39, 0.29) is 11.0 Å². The van der Waals surface area contributed by atoms with Crippen molar-refractivity contribution in [2.24, 2.45) is 0 Å². The van der Waals surface area contributed by atoms with Crippen LogP contribution in [0, 0.1) is 0 Å². The Morgan fingerprint density at radius 1 is 1.22 bits per heavy atom. The van der Waals surface area contributed by atoms with E-state index in [1.807, 2.05) is 19.1 Å². The van der Waals surface area contributed by atoms with Crippen LogP contribution in [-0.2, 0) is 6.42 Å². The quantitative estimate of drug-likeness (QED) is 0.407. The summed E-state index contributed by atoms with van der Waals surface area (Å²) in [6.45, 7) is 4.11. The van der Waals surface area contributed by atoms with Crippen molar-refractivity contribution in [1.29, 1.82) is 0 Å². The molecule has 0 saturated carbocycles. The molecule has 0 unspecified atom stereocenters. The molecule has 6 heteroatoms. The smallest absolute Gasteiger partial charge is 0.203 e. The van der Waals surface area contributed by atoms with E-state index in [1.54, 1.807) is 0 Å². The second-order valence-electron chi connectivity index (χ2n) is 5.54. The number of carbonyl (C=O) groups excluding carboxylic acids is 1. The van der Waals surface area contributed by atoms with Gasteiger partial charge in [0.1, 0.15) is 0 Å². The van der Waals surface area contributed by atoms with Crippen LogP contribution >= 0.6 is 23.1 Å². The number of carbonyl (C=O) groups is 1. The van der Waals surface area contributed by atoms with Crippen LogP contribution < -0.4 is 5.73 Å². The summed E-state index contributed by atoms with van der Waals surface area (Å²) < 4.78 is 0.732. The summed E-state index contributed by atoms with van der Waals surface area (Å²) in [4.78, 5) is 12.5. The first kappa shape index (κ1) is 17.9. The largest absolute Gasteiger partial charge is 0.374 e. The lowest BCUT2D eigenvalue weighted by Gasteiger charge is -2.09. The molecule has 0 bridgehead atoms. The highest BCUT2D eigenvalue weighted by molar-refractivity contribution is 8.02. The van der Waals surface area contributed by atoms with Crippen LogP contribution in [0.5, 0.6) is 0 Å². The summed E-state index contributed by atoms with van der Waals surface area (Å²) in [7, 11) is 0. The van der Waals surface area contributed by atoms with Gasteiger partial charge in [-0.3, -0.25) is 4.79 Å². The first-order chi connectivity index (χ1) is 11.1. The number of ketones is 1. The third kappa shape index (κ3) is 5.62. The van der Waals surface area contributed by atoms with Gasteiger partial charge in [-0.15, -0.1) is 10.2 Å². The number of benzene rings is 1. The molecule has 23 heavy (non-hydrogen) atoms. The van der Waals surface area contributed by atoms with Crippen molar-refractivity contribution in [3.8, 4) is 0 Å². The number of Topliss-reactive ketones (excluding diaryl/α,β-unsaturated/α-hetero) is 1. The molecule has 0 amide bonds. The molecule has 2 aromatic rings. The second kappa shape index (κ2) is 9.03. The molecule has 0 saturated heterocycles. The van der Waals surface area contributed by atoms with Crippen LogP contribution in [0.25, 0.3) is 0 Å². The van der Waals surface area contributed by atoms with Gasteiger partial charge in [0.2, 0.25) is 5.13 Å². The molecule has 0 aliphatic rings. The Morgan fingerprint density at radius 2 is 1.96 bits per heavy atom. The van der Waals surface area contributed by atoms with E-state index >= 15 is 0 Å². The molecule has 2 N–H and O–H groups in total. The standard InChI is InChI=1S/C17H23N3OS2/c1-3-4-5-6-7-13-8-10-14(11-9-13)15(21)12(2)22-17-20-19-16(18)23-17/h8-12H,3-7H2,1-2H3,(H2,18,19)/t12-/m1/s1. The minimum absolute atomic E-state index is 0.112. The van der Waals surface area contributed by atoms with Gasteiger partial charge < -0.3 is 5.73 Å². The molecule has 0 aliphatic heterocycles. The van der Waals surface area contributed by atoms with Crippen LogP contribution in [0.3, 0.4) is 0 Å². The molecule has 0 fully saturated rings. The van der Waals surface area contributed by atoms with Crippen molar-refractivity contribution in [3.05, 3.63) is 35.4 Å². The van der Waals surface area contributed by atoms with E-state index in [1.165, 1.54) is 54.3 Å². The maximum absolute atomic E-state index is 12.5. The Hall–Kier alpha value is -1.40. The van der Waals surface area contributed by atoms with Crippen LogP contribution in [0.15, 0.2) is 28.6 Å². The number of nitrogens with zero attached hydrogens (tertiary/aromatic N) is 2. The summed E-state index contributed by atoms with van der Waals surface area (Å²) in [5.41, 5.74) is 7.61. The number of aromatic nitrogens is 2. The van der Waals surface area contributed by atoms with Gasteiger partial charge in [0.15, 0.2) is 10.1 Å². The van der Waals surface area contributed by atoms with E-state index in [0.29, 0.717) is 5.13 Å². The minimum Gasteiger partial charge on any atom is -0.374 e. The fourth-order valence-electron chi connectivity index (χ4n) is 2.30. The molecule has 0 aliphatic carbocycles. The number of hydrogen-bond acceptors (Lipinski definition) is 6. The van der Waals surface area contributed by atoms with Crippen molar-refractivity contribution in [1.82, 2.24) is 10.2 Å². The summed E-state index contributed by atoms with van der Waals surface area (Å²) >= 11 is 2.72. The number of aryl methyl sites for hydroxylation is 1. The Balaban J connectivity index is 1.88. The third-order valence-electron chi connectivity index (χ3n) is 3.63. The van der Waals surface area contributed by atoms with E-state index in [2.05, 4.69) is 29.3 Å². The first-order valence-electron chi connectivity index (χ1n) is 7.99. The summed E-state index contributed by atoms with van der Waals surface area (Å²) in [6.07, 6.45) is 6.12. The predicted molar refractivity (Wildman–Crippen MR) is 98.3 cm³/mol. The van der Waals surface area contributed by atoms with Gasteiger partial charge in [-0.2, -0.15) is 0 Å². The Bertz CT molecular complexity index is 625. The minimum atomic E-state index is -0.197. The van der Waals surface area contributed by atoms with Crippen molar-refractivity contribution in [2.75, 3.05) is 5.73 Å². The molecule has 1 atom stereocenters. The maximum Gasteiger partial charge on any atom is 0.203 e. The van der Waals surface area contributed by atoms with Gasteiger partial charge in [0, 0.05) is 5.56 Å². The van der Waals surface area contributed by atoms with Gasteiger partial charge in [0.05, 0.1) is 5.25 Å². The van der Waals surface area contributed by atoms with Gasteiger partial charge in [-0.25, -0.2) is 0 Å². The van der Waals surface area contributed by atoms with Crippen LogP contribution in [0.4, 0.5) is 5.13 Å². The fourth-order valence-corrected chi connectivity index (χ4v) is 4.16. The Kier molecular flexibility index (Phi) is 7.05. The molecule has 1 aromatic carbocycles. The number of hydrogen-bond donors (Lipinski definition) is 1. The highest BCUT2D eigenvalue weighted by atomic mass is 32.2. The molecular formula is C17H23N3OS2. The monoisotopic (exact) mass is 349 g/mol. The van der Waals surface area contributed by atoms with Gasteiger partial charge in [-0.05, 0) is 25.3 Å². The highest BCUT2D eigenvalue weighted by Gasteiger charge is 2.18. The van der Waals surface area contributed by atoms with Gasteiger partial charge >= 0.3 is 0 Å². The average Bonchev–Trinajstić information content (AvgIpc) is 2.96. The van der Waals surface area contributed by atoms with Gasteiger partial charge in [-0.1, -0.05) is 73.6 Å². The summed E-state index contributed by atoms with van der Waals surface area (Å²) in [5.74, 6) is 0.112. The van der Waals surface area contributed by atoms with Crippen molar-refractivity contribution in [3.63, 3.8) is 0 Å². The zero-order chi connectivity index (χ0) is 16.7. The predicted octanol–water partition coefficient (Wildman–Crippen LogP) is 4.61. The molecule has 0 spiro atoms. The Morgan fingerprint density at radius 3 is 2.57 bits per heavy atom. The molecular weight excluding hydrogens is 326 g/mol. The zero-order valence-corrected chi connectivity index (χ0v) is 15.3. The fraction of sp³-hybridized carbons (Fsp3) is 0.471. The number of rotatable bonds is 9. The molecule has 4 nitrogen and oxygen atoms in total. The lowest BCUT2D eigenvalue weighted by Crippen LogP contribution is -2.13. The number of thioether (sulfide) groups is 1. The van der Waals surface area contributed by atoms with E-state index in [9.17, 15) is 4.79 Å². The van der Waals surface area contributed by atoms with Crippen LogP contribution in [0.1, 0.15) is 55.5 Å². The van der Waals surface area contributed by atoms with Crippen molar-refractivity contribution >= 4 is 34.0 Å². The second-order valence-corrected chi connectivity index (χ2v) is 8.14. The normalized spacial score (nSPS) is 12.3. The van der Waals surface area contributed by atoms with Gasteiger partial charge in [0.25, 0.3) is 0 Å². The first-order valence-corrected chi connectivity index (χ1v) is 9.68. The van der Waals surface area contributed by atoms with Crippen molar-refractivity contribution < 1.29 is 4.79 Å². The molecule has 0 radical (unpaired) electrons. The molecule has 1 heterocycles. The number of nitrogen functional groups attached to an aromatic ring is 1. The molecule has 1 aromatic heterocycles. The number of anilines is 1. The number of nitrogens with two attached hydrogens (primary N) is 1. The summed E-state index contributed by atoms with van der Waals surface area (Å²) in [5, 5.41) is 7.95. The SMILES string of the molecule is CCCCCCc1ccc(C(=O)[C@@H](C)Sc2nnc(N)s2)cc1. The zero-order valence-electron chi connectivity index (χ0n) is 13.6. The lowest BCUT2D eigenvalue weighted by atomic mass is 10.0.